The summed E-state index contributed by atoms with van der Waals surface area (Å²) in [5, 5.41) is 20.4. The molecule has 3 N–H and O–H groups in total. The van der Waals surface area contributed by atoms with Gasteiger partial charge < -0.3 is 25.2 Å². The number of amides is 1. The molecule has 2 aromatic heterocycles. The third-order valence-electron chi connectivity index (χ3n) is 8.28. The van der Waals surface area contributed by atoms with Gasteiger partial charge in [-0.25, -0.2) is 13.8 Å². The number of nitrogens with zero attached hydrogens (tertiary/aromatic N) is 2. The molecule has 1 aliphatic carbocycles. The van der Waals surface area contributed by atoms with Crippen molar-refractivity contribution in [1.29, 1.82) is 0 Å². The van der Waals surface area contributed by atoms with Crippen LogP contribution < -0.4 is 15.4 Å². The van der Waals surface area contributed by atoms with E-state index in [1.54, 1.807) is 19.3 Å². The van der Waals surface area contributed by atoms with E-state index < -0.39 is 29.7 Å². The van der Waals surface area contributed by atoms with Gasteiger partial charge in [0.05, 0.1) is 18.3 Å². The maximum Gasteiger partial charge on any atom is 0.249 e. The minimum Gasteiger partial charge on any atom is -0.485 e. The third-order valence-corrected chi connectivity index (χ3v) is 9.10. The van der Waals surface area contributed by atoms with E-state index in [2.05, 4.69) is 20.6 Å². The molecule has 0 bridgehead atoms. The number of hydrogen-bond donors (Lipinski definition) is 3. The van der Waals surface area contributed by atoms with Crippen LogP contribution in [0.5, 0.6) is 5.75 Å². The molecule has 1 unspecified atom stereocenters. The maximum absolute atomic E-state index is 14.6. The zero-order valence-electron chi connectivity index (χ0n) is 25.0. The number of carbonyl (C=O) groups excluding carboxylic acids is 1. The number of benzene rings is 1. The van der Waals surface area contributed by atoms with Crippen molar-refractivity contribution in [3.8, 4) is 16.3 Å². The molecule has 1 amide bonds. The topological polar surface area (TPSA) is 106 Å². The summed E-state index contributed by atoms with van der Waals surface area (Å²) < 4.78 is 40.7. The summed E-state index contributed by atoms with van der Waals surface area (Å²) in [7, 11) is 1.44. The fraction of sp³-hybridized carbons (Fsp3) is 0.531. The highest BCUT2D eigenvalue weighted by Gasteiger charge is 2.46. The second-order valence-electron chi connectivity index (χ2n) is 12.4. The van der Waals surface area contributed by atoms with Crippen LogP contribution in [0, 0.1) is 5.82 Å². The monoisotopic (exact) mass is 614 g/mol. The highest BCUT2D eigenvalue weighted by molar-refractivity contribution is 7.13. The van der Waals surface area contributed by atoms with Gasteiger partial charge in [0.1, 0.15) is 33.9 Å². The van der Waals surface area contributed by atoms with Gasteiger partial charge in [-0.05, 0) is 76.3 Å². The molecule has 43 heavy (non-hydrogen) atoms. The third kappa shape index (κ3) is 7.75. The lowest BCUT2D eigenvalue weighted by Crippen LogP contribution is -2.53. The number of fused-ring (bicyclic) bond motifs is 1. The minimum atomic E-state index is -1.41. The van der Waals surface area contributed by atoms with Crippen LogP contribution in [0.1, 0.15) is 69.3 Å². The van der Waals surface area contributed by atoms with Gasteiger partial charge in [0.2, 0.25) is 5.91 Å². The first-order chi connectivity index (χ1) is 20.4. The standard InChI is InChI=1S/C32H40F2N4O4S/c1-19(41-4)29(40)38-25(12-20-10-21(13-22(33)11-20)30-35-8-9-43-30)27(39)17-37-26-16-32(6-5-7-32)42-28-18-36-23(14-24(26)28)15-31(2,3)34/h8-11,13-14,18-19,25-27,37,39H,5-7,12,15-17H2,1-4H3,(H,38,40)/t19?,25-,26-,27+/m0/s1. The maximum atomic E-state index is 14.6. The summed E-state index contributed by atoms with van der Waals surface area (Å²) in [5.41, 5.74) is 1.07. The number of aliphatic hydroxyl groups is 1. The average molecular weight is 615 g/mol. The zero-order valence-corrected chi connectivity index (χ0v) is 25.8. The van der Waals surface area contributed by atoms with Gasteiger partial charge in [0, 0.05) is 60.9 Å². The Balaban J connectivity index is 1.36. The fourth-order valence-electron chi connectivity index (χ4n) is 5.81. The summed E-state index contributed by atoms with van der Waals surface area (Å²) in [5.74, 6) is -0.125. The number of nitrogens with one attached hydrogen (secondary N) is 2. The molecule has 1 fully saturated rings. The van der Waals surface area contributed by atoms with E-state index in [1.165, 1.54) is 44.4 Å². The normalized spacial score (nSPS) is 19.6. The highest BCUT2D eigenvalue weighted by Crippen LogP contribution is 2.48. The first-order valence-electron chi connectivity index (χ1n) is 14.7. The summed E-state index contributed by atoms with van der Waals surface area (Å²) in [6.45, 7) is 4.82. The average Bonchev–Trinajstić information content (AvgIpc) is 3.48. The predicted octanol–water partition coefficient (Wildman–Crippen LogP) is 5.09. The van der Waals surface area contributed by atoms with Crippen molar-refractivity contribution >= 4 is 17.2 Å². The molecular formula is C32H40F2N4O4S. The summed E-state index contributed by atoms with van der Waals surface area (Å²) >= 11 is 1.41. The van der Waals surface area contributed by atoms with Crippen LogP contribution in [0.15, 0.2) is 42.0 Å². The number of halogens is 2. The molecule has 3 heterocycles. The van der Waals surface area contributed by atoms with Crippen LogP contribution in [0.2, 0.25) is 0 Å². The number of pyridine rings is 1. The Hall–Kier alpha value is -2.99. The van der Waals surface area contributed by atoms with Crippen molar-refractivity contribution in [3.05, 3.63) is 64.7 Å². The first kappa shape index (κ1) is 31.4. The second-order valence-corrected chi connectivity index (χ2v) is 13.3. The number of alkyl halides is 1. The van der Waals surface area contributed by atoms with Crippen LogP contribution in [0.4, 0.5) is 8.78 Å². The van der Waals surface area contributed by atoms with Gasteiger partial charge in [-0.1, -0.05) is 0 Å². The van der Waals surface area contributed by atoms with Crippen molar-refractivity contribution in [2.45, 2.75) is 94.9 Å². The van der Waals surface area contributed by atoms with Gasteiger partial charge in [-0.2, -0.15) is 0 Å². The summed E-state index contributed by atoms with van der Waals surface area (Å²) in [6, 6.07) is 5.65. The Morgan fingerprint density at radius 2 is 2.07 bits per heavy atom. The van der Waals surface area contributed by atoms with Crippen LogP contribution in [0.3, 0.4) is 0 Å². The zero-order chi connectivity index (χ0) is 30.8. The van der Waals surface area contributed by atoms with Crippen LogP contribution in [0.25, 0.3) is 10.6 Å². The van der Waals surface area contributed by atoms with Crippen molar-refractivity contribution in [1.82, 2.24) is 20.6 Å². The molecule has 1 aliphatic heterocycles. The molecule has 0 saturated heterocycles. The molecular weight excluding hydrogens is 574 g/mol. The Morgan fingerprint density at radius 3 is 2.72 bits per heavy atom. The summed E-state index contributed by atoms with van der Waals surface area (Å²) in [6.07, 6.45) is 5.60. The smallest absolute Gasteiger partial charge is 0.249 e. The molecule has 3 aromatic rings. The number of aromatic nitrogens is 2. The van der Waals surface area contributed by atoms with Gasteiger partial charge in [0.25, 0.3) is 0 Å². The molecule has 4 atom stereocenters. The molecule has 1 saturated carbocycles. The Kier molecular flexibility index (Phi) is 9.46. The minimum absolute atomic E-state index is 0.146. The molecule has 8 nitrogen and oxygen atoms in total. The quantitative estimate of drug-likeness (QED) is 0.261. The number of thiazole rings is 1. The lowest BCUT2D eigenvalue weighted by atomic mass is 9.73. The van der Waals surface area contributed by atoms with Crippen molar-refractivity contribution in [2.24, 2.45) is 0 Å². The van der Waals surface area contributed by atoms with E-state index in [-0.39, 0.29) is 36.9 Å². The van der Waals surface area contributed by atoms with Gasteiger partial charge in [-0.15, -0.1) is 11.3 Å². The Bertz CT molecular complexity index is 1410. The number of ether oxygens (including phenoxy) is 2. The lowest BCUT2D eigenvalue weighted by Gasteiger charge is -2.48. The van der Waals surface area contributed by atoms with E-state index in [9.17, 15) is 18.7 Å². The van der Waals surface area contributed by atoms with Crippen LogP contribution in [-0.4, -0.2) is 64.2 Å². The lowest BCUT2D eigenvalue weighted by molar-refractivity contribution is -0.131. The molecule has 11 heteroatoms. The van der Waals surface area contributed by atoms with Crippen molar-refractivity contribution in [3.63, 3.8) is 0 Å². The molecule has 5 rings (SSSR count). The highest BCUT2D eigenvalue weighted by atomic mass is 32.1. The molecule has 1 aromatic carbocycles. The Morgan fingerprint density at radius 1 is 1.28 bits per heavy atom. The van der Waals surface area contributed by atoms with E-state index in [1.807, 2.05) is 17.5 Å². The van der Waals surface area contributed by atoms with Crippen molar-refractivity contribution in [2.75, 3.05) is 13.7 Å². The number of hydrogen-bond acceptors (Lipinski definition) is 8. The molecule has 232 valence electrons. The van der Waals surface area contributed by atoms with Gasteiger partial charge in [0.15, 0.2) is 0 Å². The van der Waals surface area contributed by atoms with Crippen LogP contribution >= 0.6 is 11.3 Å². The fourth-order valence-corrected chi connectivity index (χ4v) is 6.44. The molecule has 2 aliphatic rings. The molecule has 1 spiro atoms. The first-order valence-corrected chi connectivity index (χ1v) is 15.6. The van der Waals surface area contributed by atoms with E-state index in [0.717, 1.165) is 24.8 Å². The van der Waals surface area contributed by atoms with Gasteiger partial charge in [-0.3, -0.25) is 9.78 Å². The van der Waals surface area contributed by atoms with Gasteiger partial charge >= 0.3 is 0 Å². The van der Waals surface area contributed by atoms with E-state index in [0.29, 0.717) is 34.0 Å². The van der Waals surface area contributed by atoms with Crippen molar-refractivity contribution < 1.29 is 28.2 Å². The molecule has 0 radical (unpaired) electrons. The number of carbonyl (C=O) groups is 1. The largest absolute Gasteiger partial charge is 0.485 e. The SMILES string of the molecule is COC(C)C(=O)N[C@@H](Cc1cc(F)cc(-c2nccs2)c1)[C@H](O)CN[C@H]1CC2(CCC2)Oc2cnc(CC(C)(C)F)cc21. The second kappa shape index (κ2) is 12.9. The Labute approximate surface area is 255 Å². The van der Waals surface area contributed by atoms with E-state index in [4.69, 9.17) is 9.47 Å². The number of rotatable bonds is 12. The number of aliphatic hydroxyl groups excluding tert-OH is 1. The number of methoxy groups -OCH3 is 1. The van der Waals surface area contributed by atoms with Crippen LogP contribution in [-0.2, 0) is 22.4 Å². The summed E-state index contributed by atoms with van der Waals surface area (Å²) in [4.78, 5) is 21.6. The predicted molar refractivity (Wildman–Crippen MR) is 161 cm³/mol. The van der Waals surface area contributed by atoms with E-state index >= 15 is 0 Å².